The van der Waals surface area contributed by atoms with Crippen LogP contribution in [0.2, 0.25) is 0 Å². The number of fused-ring (bicyclic) bond motifs is 1. The van der Waals surface area contributed by atoms with Crippen molar-refractivity contribution in [2.75, 3.05) is 0 Å². The Hall–Kier alpha value is -1.31. The van der Waals surface area contributed by atoms with Gasteiger partial charge in [0, 0.05) is 12.3 Å². The maximum atomic E-state index is 11.3. The van der Waals surface area contributed by atoms with E-state index in [0.717, 1.165) is 12.8 Å². The Kier molecular flexibility index (Phi) is 2.89. The summed E-state index contributed by atoms with van der Waals surface area (Å²) in [6, 6.07) is 4.65. The Balaban J connectivity index is 1.96. The standard InChI is InChI=1S/C16H20O2/c1-10-8-12-4-3-5-13(14(12)9-11(10)2)15-6-7-16(17)18-15/h8-9,13,15H,3-7H2,1-2H3/t13-,15-/m1/s1. The molecule has 0 bridgehead atoms. The highest BCUT2D eigenvalue weighted by Gasteiger charge is 2.34. The number of aryl methyl sites for hydroxylation is 3. The van der Waals surface area contributed by atoms with Crippen LogP contribution in [0.25, 0.3) is 0 Å². The normalized spacial score (nSPS) is 26.9. The quantitative estimate of drug-likeness (QED) is 0.707. The molecule has 1 saturated heterocycles. The number of carbonyl (C=O) groups excluding carboxylic acids is 1. The van der Waals surface area contributed by atoms with Crippen molar-refractivity contribution < 1.29 is 9.53 Å². The zero-order valence-electron chi connectivity index (χ0n) is 11.2. The van der Waals surface area contributed by atoms with E-state index in [1.165, 1.54) is 35.1 Å². The summed E-state index contributed by atoms with van der Waals surface area (Å²) in [4.78, 5) is 11.3. The van der Waals surface area contributed by atoms with Gasteiger partial charge in [0.25, 0.3) is 0 Å². The van der Waals surface area contributed by atoms with Crippen molar-refractivity contribution in [3.05, 3.63) is 34.4 Å². The van der Waals surface area contributed by atoms with Gasteiger partial charge in [-0.2, -0.15) is 0 Å². The van der Waals surface area contributed by atoms with Gasteiger partial charge in [-0.25, -0.2) is 0 Å². The summed E-state index contributed by atoms with van der Waals surface area (Å²) < 4.78 is 5.49. The van der Waals surface area contributed by atoms with Crippen molar-refractivity contribution in [2.24, 2.45) is 0 Å². The number of hydrogen-bond donors (Lipinski definition) is 0. The average molecular weight is 244 g/mol. The zero-order valence-corrected chi connectivity index (χ0v) is 11.2. The zero-order chi connectivity index (χ0) is 12.7. The second-order valence-corrected chi connectivity index (χ2v) is 5.70. The van der Waals surface area contributed by atoms with Gasteiger partial charge < -0.3 is 4.74 Å². The fraction of sp³-hybridized carbons (Fsp3) is 0.562. The molecular weight excluding hydrogens is 224 g/mol. The van der Waals surface area contributed by atoms with Crippen LogP contribution in [-0.4, -0.2) is 12.1 Å². The van der Waals surface area contributed by atoms with Crippen molar-refractivity contribution in [2.45, 2.75) is 58.0 Å². The van der Waals surface area contributed by atoms with Crippen LogP contribution >= 0.6 is 0 Å². The number of hydrogen-bond acceptors (Lipinski definition) is 2. The molecule has 1 aromatic carbocycles. The van der Waals surface area contributed by atoms with E-state index in [9.17, 15) is 4.79 Å². The van der Waals surface area contributed by atoms with E-state index >= 15 is 0 Å². The monoisotopic (exact) mass is 244 g/mol. The summed E-state index contributed by atoms with van der Waals surface area (Å²) in [5.41, 5.74) is 5.63. The smallest absolute Gasteiger partial charge is 0.306 e. The second kappa shape index (κ2) is 4.42. The van der Waals surface area contributed by atoms with Crippen molar-refractivity contribution in [3.63, 3.8) is 0 Å². The van der Waals surface area contributed by atoms with Gasteiger partial charge in [-0.05, 0) is 61.8 Å². The maximum Gasteiger partial charge on any atom is 0.306 e. The predicted molar refractivity (Wildman–Crippen MR) is 70.7 cm³/mol. The Bertz CT molecular complexity index is 490. The molecule has 1 fully saturated rings. The molecule has 96 valence electrons. The van der Waals surface area contributed by atoms with Crippen LogP contribution in [0.15, 0.2) is 12.1 Å². The first-order valence-electron chi connectivity index (χ1n) is 6.94. The molecule has 18 heavy (non-hydrogen) atoms. The Morgan fingerprint density at radius 1 is 1.11 bits per heavy atom. The van der Waals surface area contributed by atoms with Crippen molar-refractivity contribution >= 4 is 5.97 Å². The first-order valence-corrected chi connectivity index (χ1v) is 6.94. The lowest BCUT2D eigenvalue weighted by atomic mass is 9.78. The summed E-state index contributed by atoms with van der Waals surface area (Å²) in [7, 11) is 0. The molecule has 2 atom stereocenters. The van der Waals surface area contributed by atoms with Crippen LogP contribution in [0.5, 0.6) is 0 Å². The van der Waals surface area contributed by atoms with Crippen molar-refractivity contribution in [1.29, 1.82) is 0 Å². The van der Waals surface area contributed by atoms with E-state index < -0.39 is 0 Å². The molecule has 0 aromatic heterocycles. The Labute approximate surface area is 108 Å². The highest BCUT2D eigenvalue weighted by molar-refractivity contribution is 5.71. The highest BCUT2D eigenvalue weighted by Crippen LogP contribution is 2.39. The Morgan fingerprint density at radius 3 is 2.61 bits per heavy atom. The number of ether oxygens (including phenoxy) is 1. The minimum atomic E-state index is -0.0176. The van der Waals surface area contributed by atoms with Crippen LogP contribution in [-0.2, 0) is 16.0 Å². The lowest BCUT2D eigenvalue weighted by Crippen LogP contribution is -2.23. The van der Waals surface area contributed by atoms with Crippen LogP contribution in [0.4, 0.5) is 0 Å². The number of carbonyl (C=O) groups is 1. The molecule has 2 aliphatic rings. The van der Waals surface area contributed by atoms with Crippen molar-refractivity contribution in [3.8, 4) is 0 Å². The van der Waals surface area contributed by atoms with Gasteiger partial charge >= 0.3 is 5.97 Å². The third-order valence-corrected chi connectivity index (χ3v) is 4.48. The number of rotatable bonds is 1. The maximum absolute atomic E-state index is 11.3. The predicted octanol–water partition coefficient (Wildman–Crippen LogP) is 3.43. The summed E-state index contributed by atoms with van der Waals surface area (Å²) in [6.07, 6.45) is 5.17. The third kappa shape index (κ3) is 1.94. The van der Waals surface area contributed by atoms with Gasteiger partial charge in [0.2, 0.25) is 0 Å². The first-order chi connectivity index (χ1) is 8.65. The fourth-order valence-corrected chi connectivity index (χ4v) is 3.34. The van der Waals surface area contributed by atoms with Gasteiger partial charge in [0.1, 0.15) is 6.10 Å². The number of cyclic esters (lactones) is 1. The van der Waals surface area contributed by atoms with Crippen LogP contribution in [0.3, 0.4) is 0 Å². The lowest BCUT2D eigenvalue weighted by Gasteiger charge is -2.30. The molecule has 1 aliphatic carbocycles. The van der Waals surface area contributed by atoms with E-state index in [-0.39, 0.29) is 12.1 Å². The van der Waals surface area contributed by atoms with Gasteiger partial charge in [-0.15, -0.1) is 0 Å². The summed E-state index contributed by atoms with van der Waals surface area (Å²) in [5.74, 6) is 0.412. The molecule has 0 amide bonds. The van der Waals surface area contributed by atoms with E-state index in [2.05, 4.69) is 26.0 Å². The molecule has 2 heteroatoms. The van der Waals surface area contributed by atoms with Gasteiger partial charge in [-0.3, -0.25) is 4.79 Å². The fourth-order valence-electron chi connectivity index (χ4n) is 3.34. The minimum Gasteiger partial charge on any atom is -0.462 e. The van der Waals surface area contributed by atoms with Crippen LogP contribution in [0.1, 0.15) is 53.9 Å². The van der Waals surface area contributed by atoms with Crippen LogP contribution < -0.4 is 0 Å². The van der Waals surface area contributed by atoms with Gasteiger partial charge in [0.15, 0.2) is 0 Å². The molecule has 1 aliphatic heterocycles. The highest BCUT2D eigenvalue weighted by atomic mass is 16.5. The molecule has 1 aromatic rings. The van der Waals surface area contributed by atoms with Gasteiger partial charge in [0.05, 0.1) is 0 Å². The molecule has 0 saturated carbocycles. The van der Waals surface area contributed by atoms with E-state index in [4.69, 9.17) is 4.74 Å². The molecule has 0 spiro atoms. The number of benzene rings is 1. The number of esters is 1. The molecule has 0 unspecified atom stereocenters. The molecule has 0 N–H and O–H groups in total. The molecule has 3 rings (SSSR count). The SMILES string of the molecule is Cc1cc2c(cc1C)[C@H]([C@H]1CCC(=O)O1)CCC2. The van der Waals surface area contributed by atoms with Gasteiger partial charge in [-0.1, -0.05) is 12.1 Å². The Morgan fingerprint density at radius 2 is 1.89 bits per heavy atom. The van der Waals surface area contributed by atoms with E-state index in [1.807, 2.05) is 0 Å². The van der Waals surface area contributed by atoms with E-state index in [0.29, 0.717) is 12.3 Å². The molecule has 2 nitrogen and oxygen atoms in total. The molecular formula is C16H20O2. The lowest BCUT2D eigenvalue weighted by molar-refractivity contribution is -0.142. The summed E-state index contributed by atoms with van der Waals surface area (Å²) >= 11 is 0. The first kappa shape index (κ1) is 11.8. The minimum absolute atomic E-state index is 0.0176. The molecule has 0 radical (unpaired) electrons. The van der Waals surface area contributed by atoms with Crippen LogP contribution in [0, 0.1) is 13.8 Å². The van der Waals surface area contributed by atoms with E-state index in [1.54, 1.807) is 0 Å². The summed E-state index contributed by atoms with van der Waals surface area (Å²) in [6.45, 7) is 4.34. The topological polar surface area (TPSA) is 26.3 Å². The average Bonchev–Trinajstić information content (AvgIpc) is 2.77. The second-order valence-electron chi connectivity index (χ2n) is 5.70. The van der Waals surface area contributed by atoms with Crippen molar-refractivity contribution in [1.82, 2.24) is 0 Å². The third-order valence-electron chi connectivity index (χ3n) is 4.48. The molecule has 1 heterocycles. The largest absolute Gasteiger partial charge is 0.462 e. The summed E-state index contributed by atoms with van der Waals surface area (Å²) in [5, 5.41) is 0.